The lowest BCUT2D eigenvalue weighted by atomic mass is 10.1. The molecule has 1 aromatic rings. The number of sulfone groups is 1. The minimum absolute atomic E-state index is 0.00506. The van der Waals surface area contributed by atoms with Crippen molar-refractivity contribution < 1.29 is 13.2 Å². The molecule has 2 aliphatic rings. The summed E-state index contributed by atoms with van der Waals surface area (Å²) in [4.78, 5) is 16.4. The Morgan fingerprint density at radius 1 is 0.955 bits per heavy atom. The van der Waals surface area contributed by atoms with Crippen LogP contribution >= 0.6 is 0 Å². The van der Waals surface area contributed by atoms with Crippen molar-refractivity contribution in [3.63, 3.8) is 0 Å². The van der Waals surface area contributed by atoms with Crippen LogP contribution in [0.5, 0.6) is 0 Å². The zero-order valence-electron chi connectivity index (χ0n) is 12.6. The molecule has 1 aromatic carbocycles. The number of likely N-dealkylation sites (tertiary alicyclic amines) is 2. The van der Waals surface area contributed by atoms with Gasteiger partial charge in [0.1, 0.15) is 0 Å². The predicted molar refractivity (Wildman–Crippen MR) is 84.4 cm³/mol. The minimum Gasteiger partial charge on any atom is -0.325 e. The van der Waals surface area contributed by atoms with Crippen LogP contribution in [0.2, 0.25) is 0 Å². The van der Waals surface area contributed by atoms with Crippen LogP contribution in [0.4, 0.5) is 4.79 Å². The molecule has 0 aliphatic carbocycles. The van der Waals surface area contributed by atoms with E-state index in [1.54, 1.807) is 35.2 Å². The summed E-state index contributed by atoms with van der Waals surface area (Å²) in [5.74, 6) is 0. The molecule has 0 unspecified atom stereocenters. The average molecular weight is 322 g/mol. The maximum Gasteiger partial charge on any atom is 0.320 e. The molecule has 2 saturated heterocycles. The Balaban J connectivity index is 1.68. The second-order valence-corrected chi connectivity index (χ2v) is 8.27. The van der Waals surface area contributed by atoms with Gasteiger partial charge >= 0.3 is 6.03 Å². The molecule has 2 amide bonds. The highest BCUT2D eigenvalue weighted by atomic mass is 32.2. The molecule has 0 spiro atoms. The van der Waals surface area contributed by atoms with Crippen LogP contribution in [-0.4, -0.2) is 55.7 Å². The van der Waals surface area contributed by atoms with E-state index in [-0.39, 0.29) is 6.03 Å². The van der Waals surface area contributed by atoms with Crippen molar-refractivity contribution in [1.29, 1.82) is 0 Å². The van der Waals surface area contributed by atoms with Gasteiger partial charge in [-0.1, -0.05) is 18.2 Å². The Morgan fingerprint density at radius 2 is 1.64 bits per heavy atom. The van der Waals surface area contributed by atoms with Gasteiger partial charge in [0.2, 0.25) is 0 Å². The molecule has 0 saturated carbocycles. The zero-order valence-corrected chi connectivity index (χ0v) is 13.5. The van der Waals surface area contributed by atoms with Gasteiger partial charge in [0, 0.05) is 26.2 Å². The second-order valence-electron chi connectivity index (χ2n) is 6.05. The quantitative estimate of drug-likeness (QED) is 0.838. The van der Waals surface area contributed by atoms with Gasteiger partial charge in [0.25, 0.3) is 0 Å². The first-order valence-corrected chi connectivity index (χ1v) is 9.46. The van der Waals surface area contributed by atoms with E-state index in [1.807, 2.05) is 4.90 Å². The smallest absolute Gasteiger partial charge is 0.320 e. The monoisotopic (exact) mass is 322 g/mol. The van der Waals surface area contributed by atoms with Gasteiger partial charge in [-0.25, -0.2) is 13.2 Å². The van der Waals surface area contributed by atoms with Crippen molar-refractivity contribution in [2.45, 2.75) is 35.8 Å². The molecule has 2 fully saturated rings. The number of urea groups is 1. The molecule has 0 N–H and O–H groups in total. The molecule has 120 valence electrons. The number of carbonyl (C=O) groups is 1. The van der Waals surface area contributed by atoms with Gasteiger partial charge in [-0.15, -0.1) is 0 Å². The number of piperidine rings is 1. The third kappa shape index (κ3) is 2.97. The maximum atomic E-state index is 12.6. The molecule has 2 heterocycles. The minimum atomic E-state index is -3.35. The molecular formula is C16H22N2O3S. The molecule has 3 rings (SSSR count). The summed E-state index contributed by atoms with van der Waals surface area (Å²) >= 11 is 0. The number of carbonyl (C=O) groups excluding carboxylic acids is 1. The Labute approximate surface area is 131 Å². The lowest BCUT2D eigenvalue weighted by Gasteiger charge is -2.31. The summed E-state index contributed by atoms with van der Waals surface area (Å²) in [7, 11) is -3.35. The fourth-order valence-electron chi connectivity index (χ4n) is 3.24. The third-order valence-corrected chi connectivity index (χ3v) is 6.74. The number of hydrogen-bond acceptors (Lipinski definition) is 3. The van der Waals surface area contributed by atoms with Gasteiger partial charge < -0.3 is 9.80 Å². The van der Waals surface area contributed by atoms with Crippen LogP contribution in [0.1, 0.15) is 25.7 Å². The van der Waals surface area contributed by atoms with Crippen molar-refractivity contribution in [3.05, 3.63) is 30.3 Å². The SMILES string of the molecule is O=C(N1CCCCC1)N1CC[C@H](S(=O)(=O)c2ccccc2)C1. The lowest BCUT2D eigenvalue weighted by Crippen LogP contribution is -2.45. The Kier molecular flexibility index (Phi) is 4.38. The summed E-state index contributed by atoms with van der Waals surface area (Å²) in [6.07, 6.45) is 3.79. The Bertz CT molecular complexity index is 624. The van der Waals surface area contributed by atoms with Gasteiger partial charge in [-0.3, -0.25) is 0 Å². The lowest BCUT2D eigenvalue weighted by molar-refractivity contribution is 0.152. The number of nitrogens with zero attached hydrogens (tertiary/aromatic N) is 2. The highest BCUT2D eigenvalue weighted by molar-refractivity contribution is 7.92. The van der Waals surface area contributed by atoms with E-state index in [4.69, 9.17) is 0 Å². The topological polar surface area (TPSA) is 57.7 Å². The van der Waals surface area contributed by atoms with Crippen LogP contribution in [0, 0.1) is 0 Å². The first-order chi connectivity index (χ1) is 10.6. The normalized spacial score (nSPS) is 22.8. The standard InChI is InChI=1S/C16H22N2O3S/c19-16(17-10-5-2-6-11-17)18-12-9-15(13-18)22(20,21)14-7-3-1-4-8-14/h1,3-4,7-8,15H,2,5-6,9-13H2/t15-/m0/s1. The largest absolute Gasteiger partial charge is 0.325 e. The molecule has 6 heteroatoms. The molecule has 22 heavy (non-hydrogen) atoms. The van der Waals surface area contributed by atoms with E-state index in [0.717, 1.165) is 25.9 Å². The Morgan fingerprint density at radius 3 is 2.32 bits per heavy atom. The molecular weight excluding hydrogens is 300 g/mol. The fourth-order valence-corrected chi connectivity index (χ4v) is 4.96. The van der Waals surface area contributed by atoms with E-state index >= 15 is 0 Å². The average Bonchev–Trinajstić information content (AvgIpc) is 3.06. The highest BCUT2D eigenvalue weighted by Gasteiger charge is 2.37. The molecule has 1 atom stereocenters. The highest BCUT2D eigenvalue weighted by Crippen LogP contribution is 2.25. The summed E-state index contributed by atoms with van der Waals surface area (Å²) < 4.78 is 25.3. The van der Waals surface area contributed by atoms with Crippen molar-refractivity contribution in [1.82, 2.24) is 9.80 Å². The van der Waals surface area contributed by atoms with E-state index in [9.17, 15) is 13.2 Å². The van der Waals surface area contributed by atoms with Crippen molar-refractivity contribution in [2.24, 2.45) is 0 Å². The van der Waals surface area contributed by atoms with Crippen molar-refractivity contribution >= 4 is 15.9 Å². The zero-order chi connectivity index (χ0) is 15.6. The van der Waals surface area contributed by atoms with E-state index in [0.29, 0.717) is 24.4 Å². The van der Waals surface area contributed by atoms with Crippen LogP contribution in [0.3, 0.4) is 0 Å². The van der Waals surface area contributed by atoms with Gasteiger partial charge in [-0.2, -0.15) is 0 Å². The Hall–Kier alpha value is -1.56. The van der Waals surface area contributed by atoms with Crippen LogP contribution < -0.4 is 0 Å². The van der Waals surface area contributed by atoms with Gasteiger partial charge in [0.15, 0.2) is 9.84 Å². The van der Waals surface area contributed by atoms with Crippen molar-refractivity contribution in [2.75, 3.05) is 26.2 Å². The summed E-state index contributed by atoms with van der Waals surface area (Å²) in [6.45, 7) is 2.44. The van der Waals surface area contributed by atoms with E-state index in [2.05, 4.69) is 0 Å². The predicted octanol–water partition coefficient (Wildman–Crippen LogP) is 2.14. The number of amides is 2. The van der Waals surface area contributed by atoms with Crippen LogP contribution in [0.15, 0.2) is 35.2 Å². The van der Waals surface area contributed by atoms with Gasteiger partial charge in [-0.05, 0) is 37.8 Å². The van der Waals surface area contributed by atoms with Crippen LogP contribution in [0.25, 0.3) is 0 Å². The summed E-state index contributed by atoms with van der Waals surface area (Å²) in [5, 5.41) is -0.483. The molecule has 0 aromatic heterocycles. The molecule has 2 aliphatic heterocycles. The number of rotatable bonds is 2. The summed E-state index contributed by atoms with van der Waals surface area (Å²) in [5.41, 5.74) is 0. The molecule has 0 radical (unpaired) electrons. The summed E-state index contributed by atoms with van der Waals surface area (Å²) in [6, 6.07) is 8.54. The van der Waals surface area contributed by atoms with Crippen LogP contribution in [-0.2, 0) is 9.84 Å². The van der Waals surface area contributed by atoms with E-state index < -0.39 is 15.1 Å². The fraction of sp³-hybridized carbons (Fsp3) is 0.562. The first-order valence-electron chi connectivity index (χ1n) is 7.92. The second kappa shape index (κ2) is 6.28. The number of benzene rings is 1. The van der Waals surface area contributed by atoms with Crippen molar-refractivity contribution in [3.8, 4) is 0 Å². The maximum absolute atomic E-state index is 12.6. The number of hydrogen-bond donors (Lipinski definition) is 0. The van der Waals surface area contributed by atoms with Gasteiger partial charge in [0.05, 0.1) is 10.1 Å². The van der Waals surface area contributed by atoms with E-state index in [1.165, 1.54) is 6.42 Å². The molecule has 0 bridgehead atoms. The molecule has 5 nitrogen and oxygen atoms in total. The first kappa shape index (κ1) is 15.3. The third-order valence-electron chi connectivity index (χ3n) is 4.55.